The van der Waals surface area contributed by atoms with Gasteiger partial charge in [-0.1, -0.05) is 42.1 Å². The molecule has 194 valence electrons. The maximum Gasteiger partial charge on any atom is 0.240 e. The Labute approximate surface area is 225 Å². The van der Waals surface area contributed by atoms with Gasteiger partial charge in [0.05, 0.1) is 16.2 Å². The predicted octanol–water partition coefficient (Wildman–Crippen LogP) is 5.02. The standard InChI is InChI=1S/C28H27N5O3S2/c1-18-13-22-14-20(3)27-31-32-28(33(27)25(22)15-19(18)2)37-17-26(34)30-23-9-11-24(12-10-23)38(35,36)29-16-21-7-5-4-6-8-21/h4-15,29H,16-17H2,1-3H3,(H,30,34). The lowest BCUT2D eigenvalue weighted by Gasteiger charge is -2.10. The monoisotopic (exact) mass is 545 g/mol. The minimum absolute atomic E-state index is 0.125. The number of sulfonamides is 1. The summed E-state index contributed by atoms with van der Waals surface area (Å²) in [6.07, 6.45) is 0. The number of hydrogen-bond acceptors (Lipinski definition) is 6. The van der Waals surface area contributed by atoms with E-state index in [0.29, 0.717) is 10.8 Å². The third-order valence-electron chi connectivity index (χ3n) is 6.33. The highest BCUT2D eigenvalue weighted by Crippen LogP contribution is 2.28. The second-order valence-corrected chi connectivity index (χ2v) is 11.8. The Hall–Kier alpha value is -3.73. The first-order valence-electron chi connectivity index (χ1n) is 12.0. The van der Waals surface area contributed by atoms with Crippen LogP contribution in [0.15, 0.2) is 82.8 Å². The van der Waals surface area contributed by atoms with Gasteiger partial charge in [0, 0.05) is 12.2 Å². The summed E-state index contributed by atoms with van der Waals surface area (Å²) in [6, 6.07) is 21.8. The van der Waals surface area contributed by atoms with E-state index >= 15 is 0 Å². The smallest absolute Gasteiger partial charge is 0.240 e. The minimum Gasteiger partial charge on any atom is -0.325 e. The van der Waals surface area contributed by atoms with Gasteiger partial charge in [-0.2, -0.15) is 0 Å². The quantitative estimate of drug-likeness (QED) is 0.265. The first kappa shape index (κ1) is 25.9. The lowest BCUT2D eigenvalue weighted by atomic mass is 10.0. The van der Waals surface area contributed by atoms with E-state index in [1.807, 2.05) is 41.7 Å². The van der Waals surface area contributed by atoms with E-state index in [4.69, 9.17) is 0 Å². The van der Waals surface area contributed by atoms with Crippen molar-refractivity contribution in [1.82, 2.24) is 19.3 Å². The van der Waals surface area contributed by atoms with Crippen molar-refractivity contribution in [3.8, 4) is 0 Å². The summed E-state index contributed by atoms with van der Waals surface area (Å²) in [4.78, 5) is 12.8. The Balaban J connectivity index is 1.25. The zero-order valence-corrected chi connectivity index (χ0v) is 22.9. The molecule has 0 radical (unpaired) electrons. The third kappa shape index (κ3) is 5.42. The first-order chi connectivity index (χ1) is 18.2. The van der Waals surface area contributed by atoms with Crippen molar-refractivity contribution in [2.24, 2.45) is 0 Å². The number of aromatic nitrogens is 3. The highest BCUT2D eigenvalue weighted by atomic mass is 32.2. The molecule has 2 heterocycles. The van der Waals surface area contributed by atoms with Crippen LogP contribution in [0.2, 0.25) is 0 Å². The number of thioether (sulfide) groups is 1. The fourth-order valence-electron chi connectivity index (χ4n) is 4.17. The minimum atomic E-state index is -3.68. The Kier molecular flexibility index (Phi) is 7.20. The number of pyridine rings is 1. The molecule has 38 heavy (non-hydrogen) atoms. The van der Waals surface area contributed by atoms with Crippen LogP contribution >= 0.6 is 11.8 Å². The molecule has 10 heteroatoms. The molecule has 8 nitrogen and oxygen atoms in total. The maximum absolute atomic E-state index is 12.7. The van der Waals surface area contributed by atoms with E-state index in [1.54, 1.807) is 12.1 Å². The van der Waals surface area contributed by atoms with Gasteiger partial charge in [0.1, 0.15) is 0 Å². The van der Waals surface area contributed by atoms with E-state index in [1.165, 1.54) is 35.0 Å². The fraction of sp³-hybridized carbons (Fsp3) is 0.179. The molecule has 0 aliphatic carbocycles. The van der Waals surface area contributed by atoms with Gasteiger partial charge in [-0.05, 0) is 90.9 Å². The highest BCUT2D eigenvalue weighted by Gasteiger charge is 2.16. The van der Waals surface area contributed by atoms with Crippen LogP contribution in [0.25, 0.3) is 16.6 Å². The predicted molar refractivity (Wildman–Crippen MR) is 151 cm³/mol. The van der Waals surface area contributed by atoms with Crippen LogP contribution in [0, 0.1) is 20.8 Å². The van der Waals surface area contributed by atoms with Gasteiger partial charge in [-0.25, -0.2) is 13.1 Å². The molecule has 5 rings (SSSR count). The summed E-state index contributed by atoms with van der Waals surface area (Å²) < 4.78 is 29.8. The summed E-state index contributed by atoms with van der Waals surface area (Å²) in [7, 11) is -3.68. The molecule has 0 fully saturated rings. The zero-order chi connectivity index (χ0) is 26.9. The molecule has 0 saturated carbocycles. The van der Waals surface area contributed by atoms with Gasteiger partial charge in [0.2, 0.25) is 15.9 Å². The normalized spacial score (nSPS) is 11.8. The number of nitrogens with zero attached hydrogens (tertiary/aromatic N) is 3. The Morgan fingerprint density at radius 2 is 1.58 bits per heavy atom. The molecular formula is C28H27N5O3S2. The summed E-state index contributed by atoms with van der Waals surface area (Å²) in [6.45, 7) is 6.36. The average Bonchev–Trinajstić information content (AvgIpc) is 3.34. The van der Waals surface area contributed by atoms with E-state index in [2.05, 4.69) is 52.3 Å². The summed E-state index contributed by atoms with van der Waals surface area (Å²) in [5.74, 6) is -0.103. The molecule has 0 unspecified atom stereocenters. The van der Waals surface area contributed by atoms with Crippen molar-refractivity contribution >= 4 is 49.9 Å². The third-order valence-corrected chi connectivity index (χ3v) is 8.68. The molecule has 0 spiro atoms. The number of carbonyl (C=O) groups is 1. The van der Waals surface area contributed by atoms with E-state index < -0.39 is 10.0 Å². The number of rotatable bonds is 8. The molecule has 5 aromatic rings. The SMILES string of the molecule is Cc1cc2cc(C)c3nnc(SCC(=O)Nc4ccc(S(=O)(=O)NCc5ccccc5)cc4)n3c2cc1C. The second kappa shape index (κ2) is 10.6. The van der Waals surface area contributed by atoms with E-state index in [-0.39, 0.29) is 23.1 Å². The van der Waals surface area contributed by atoms with E-state index in [9.17, 15) is 13.2 Å². The van der Waals surface area contributed by atoms with Crippen LogP contribution in [-0.4, -0.2) is 34.7 Å². The largest absolute Gasteiger partial charge is 0.325 e. The molecule has 2 aromatic heterocycles. The van der Waals surface area contributed by atoms with Crippen molar-refractivity contribution in [3.05, 3.63) is 95.1 Å². The number of aryl methyl sites for hydroxylation is 3. The summed E-state index contributed by atoms with van der Waals surface area (Å²) >= 11 is 1.30. The van der Waals surface area contributed by atoms with Crippen LogP contribution in [0.5, 0.6) is 0 Å². The Morgan fingerprint density at radius 1 is 0.895 bits per heavy atom. The Morgan fingerprint density at radius 3 is 2.32 bits per heavy atom. The maximum atomic E-state index is 12.7. The molecule has 2 N–H and O–H groups in total. The van der Waals surface area contributed by atoms with Crippen LogP contribution in [0.1, 0.15) is 22.3 Å². The lowest BCUT2D eigenvalue weighted by molar-refractivity contribution is -0.113. The first-order valence-corrected chi connectivity index (χ1v) is 14.5. The average molecular weight is 546 g/mol. The van der Waals surface area contributed by atoms with Crippen LogP contribution in [0.3, 0.4) is 0 Å². The molecule has 1 amide bonds. The lowest BCUT2D eigenvalue weighted by Crippen LogP contribution is -2.23. The van der Waals surface area contributed by atoms with Crippen LogP contribution < -0.4 is 10.0 Å². The van der Waals surface area contributed by atoms with Crippen molar-refractivity contribution in [3.63, 3.8) is 0 Å². The van der Waals surface area contributed by atoms with Gasteiger partial charge in [0.15, 0.2) is 10.8 Å². The molecule has 3 aromatic carbocycles. The van der Waals surface area contributed by atoms with Gasteiger partial charge >= 0.3 is 0 Å². The van der Waals surface area contributed by atoms with Crippen molar-refractivity contribution in [2.45, 2.75) is 37.4 Å². The van der Waals surface area contributed by atoms with Gasteiger partial charge in [-0.15, -0.1) is 10.2 Å². The summed E-state index contributed by atoms with van der Waals surface area (Å²) in [5, 5.41) is 13.2. The number of amides is 1. The number of fused-ring (bicyclic) bond motifs is 3. The molecule has 0 aliphatic rings. The molecular weight excluding hydrogens is 518 g/mol. The van der Waals surface area contributed by atoms with Crippen LogP contribution in [-0.2, 0) is 21.4 Å². The number of anilines is 1. The van der Waals surface area contributed by atoms with Crippen LogP contribution in [0.4, 0.5) is 5.69 Å². The van der Waals surface area contributed by atoms with Crippen molar-refractivity contribution in [1.29, 1.82) is 0 Å². The van der Waals surface area contributed by atoms with Crippen molar-refractivity contribution in [2.75, 3.05) is 11.1 Å². The molecule has 0 saturated heterocycles. The van der Waals surface area contributed by atoms with Gasteiger partial charge < -0.3 is 5.32 Å². The molecule has 0 bridgehead atoms. The number of hydrogen-bond donors (Lipinski definition) is 2. The summed E-state index contributed by atoms with van der Waals surface area (Å²) in [5.41, 5.74) is 6.54. The van der Waals surface area contributed by atoms with E-state index in [0.717, 1.165) is 27.7 Å². The topological polar surface area (TPSA) is 105 Å². The number of carbonyl (C=O) groups excluding carboxylic acids is 1. The van der Waals surface area contributed by atoms with Gasteiger partial charge in [0.25, 0.3) is 0 Å². The zero-order valence-electron chi connectivity index (χ0n) is 21.2. The fourth-order valence-corrected chi connectivity index (χ4v) is 5.93. The molecule has 0 atom stereocenters. The highest BCUT2D eigenvalue weighted by molar-refractivity contribution is 7.99. The number of benzene rings is 3. The second-order valence-electron chi connectivity index (χ2n) is 9.14. The van der Waals surface area contributed by atoms with Crippen molar-refractivity contribution < 1.29 is 13.2 Å². The van der Waals surface area contributed by atoms with Gasteiger partial charge in [-0.3, -0.25) is 9.20 Å². The molecule has 0 aliphatic heterocycles. The Bertz CT molecular complexity index is 1750. The number of nitrogens with one attached hydrogen (secondary N) is 2.